The van der Waals surface area contributed by atoms with E-state index in [9.17, 15) is 24.5 Å². The lowest BCUT2D eigenvalue weighted by Gasteiger charge is -2.13. The Kier molecular flexibility index (Phi) is 8.28. The van der Waals surface area contributed by atoms with Crippen LogP contribution in [0.2, 0.25) is 0 Å². The summed E-state index contributed by atoms with van der Waals surface area (Å²) in [5.41, 5.74) is 0.761. The molecule has 4 rings (SSSR count). The van der Waals surface area contributed by atoms with Gasteiger partial charge in [-0.1, -0.05) is 12.1 Å². The minimum Gasteiger partial charge on any atom is -0.493 e. The zero-order valence-electron chi connectivity index (χ0n) is 20.1. The van der Waals surface area contributed by atoms with Crippen LogP contribution >= 0.6 is 23.5 Å². The standard InChI is InChI=1S/C25H20N4O7S2/c1-35-20-11-15(8-9-19(20)36-23-18(29(33)34)7-4-10-26-23)12-21-24(31)28(25(32)38-21)14-22(30)27-16-5-3-6-17(13-16)37-2/h3-13H,14H2,1-2H3,(H,27,30)/b21-12-. The Bertz CT molecular complexity index is 1460. The molecule has 1 saturated heterocycles. The zero-order chi connectivity index (χ0) is 27.2. The van der Waals surface area contributed by atoms with Crippen LogP contribution in [0.25, 0.3) is 6.08 Å². The van der Waals surface area contributed by atoms with Crippen molar-refractivity contribution in [2.24, 2.45) is 0 Å². The van der Waals surface area contributed by atoms with Crippen molar-refractivity contribution in [1.29, 1.82) is 0 Å². The second kappa shape index (κ2) is 11.8. The van der Waals surface area contributed by atoms with Crippen LogP contribution in [-0.4, -0.2) is 51.8 Å². The van der Waals surface area contributed by atoms with Gasteiger partial charge in [0, 0.05) is 22.8 Å². The number of hydrogen-bond donors (Lipinski definition) is 1. The number of nitro groups is 1. The molecule has 3 amide bonds. The number of pyridine rings is 1. The predicted octanol–water partition coefficient (Wildman–Crippen LogP) is 5.19. The maximum absolute atomic E-state index is 12.9. The molecule has 1 aromatic heterocycles. The van der Waals surface area contributed by atoms with E-state index in [2.05, 4.69) is 10.3 Å². The molecule has 0 atom stereocenters. The van der Waals surface area contributed by atoms with E-state index in [1.54, 1.807) is 30.3 Å². The summed E-state index contributed by atoms with van der Waals surface area (Å²) in [5, 5.41) is 13.4. The van der Waals surface area contributed by atoms with Crippen molar-refractivity contribution < 1.29 is 28.8 Å². The Labute approximate surface area is 225 Å². The quantitative estimate of drug-likeness (QED) is 0.163. The molecule has 38 heavy (non-hydrogen) atoms. The van der Waals surface area contributed by atoms with Gasteiger partial charge in [0.25, 0.3) is 17.0 Å². The number of nitrogens with one attached hydrogen (secondary N) is 1. The van der Waals surface area contributed by atoms with Gasteiger partial charge in [-0.25, -0.2) is 4.98 Å². The minimum absolute atomic E-state index is 0.128. The molecule has 0 aliphatic carbocycles. The third-order valence-electron chi connectivity index (χ3n) is 5.17. The number of rotatable bonds is 9. The number of imide groups is 1. The average Bonchev–Trinajstić information content (AvgIpc) is 3.16. The van der Waals surface area contributed by atoms with Crippen molar-refractivity contribution in [3.8, 4) is 17.4 Å². The molecule has 3 aromatic rings. The van der Waals surface area contributed by atoms with Gasteiger partial charge in [-0.3, -0.25) is 29.4 Å². The lowest BCUT2D eigenvalue weighted by Crippen LogP contribution is -2.36. The summed E-state index contributed by atoms with van der Waals surface area (Å²) in [7, 11) is 1.39. The number of hydrogen-bond acceptors (Lipinski definition) is 10. The van der Waals surface area contributed by atoms with Crippen LogP contribution < -0.4 is 14.8 Å². The number of aromatic nitrogens is 1. The minimum atomic E-state index is -0.610. The van der Waals surface area contributed by atoms with Crippen molar-refractivity contribution in [3.63, 3.8) is 0 Å². The Morgan fingerprint density at radius 2 is 2.00 bits per heavy atom. The van der Waals surface area contributed by atoms with Crippen molar-refractivity contribution >= 4 is 58.0 Å². The van der Waals surface area contributed by atoms with E-state index in [0.29, 0.717) is 23.0 Å². The zero-order valence-corrected chi connectivity index (χ0v) is 21.7. The van der Waals surface area contributed by atoms with Gasteiger partial charge in [0.05, 0.1) is 16.9 Å². The molecule has 13 heteroatoms. The van der Waals surface area contributed by atoms with Crippen LogP contribution in [-0.2, 0) is 9.59 Å². The molecule has 2 aromatic carbocycles. The molecule has 11 nitrogen and oxygen atoms in total. The number of amides is 3. The molecule has 0 unspecified atom stereocenters. The fourth-order valence-electron chi connectivity index (χ4n) is 3.39. The second-order valence-corrected chi connectivity index (χ2v) is 9.52. The Morgan fingerprint density at radius 1 is 1.18 bits per heavy atom. The molecule has 0 spiro atoms. The van der Waals surface area contributed by atoms with E-state index >= 15 is 0 Å². The van der Waals surface area contributed by atoms with Gasteiger partial charge in [0.1, 0.15) is 6.54 Å². The largest absolute Gasteiger partial charge is 0.493 e. The fourth-order valence-corrected chi connectivity index (χ4v) is 4.69. The first kappa shape index (κ1) is 26.7. The van der Waals surface area contributed by atoms with Crippen molar-refractivity contribution in [3.05, 3.63) is 81.4 Å². The van der Waals surface area contributed by atoms with E-state index in [0.717, 1.165) is 9.80 Å². The average molecular weight is 553 g/mol. The van der Waals surface area contributed by atoms with Gasteiger partial charge < -0.3 is 14.8 Å². The monoisotopic (exact) mass is 552 g/mol. The van der Waals surface area contributed by atoms with Crippen LogP contribution in [0.15, 0.2) is 70.6 Å². The molecule has 0 saturated carbocycles. The molecule has 0 bridgehead atoms. The summed E-state index contributed by atoms with van der Waals surface area (Å²) in [6, 6.07) is 14.5. The van der Waals surface area contributed by atoms with Crippen molar-refractivity contribution in [2.75, 3.05) is 25.2 Å². The fraction of sp³-hybridized carbons (Fsp3) is 0.120. The number of nitrogens with zero attached hydrogens (tertiary/aromatic N) is 3. The van der Waals surface area contributed by atoms with E-state index in [1.165, 1.54) is 49.3 Å². The summed E-state index contributed by atoms with van der Waals surface area (Å²) in [6.07, 6.45) is 4.76. The topological polar surface area (TPSA) is 141 Å². The number of benzene rings is 2. The smallest absolute Gasteiger partial charge is 0.331 e. The van der Waals surface area contributed by atoms with Crippen molar-refractivity contribution in [2.45, 2.75) is 4.90 Å². The number of thioether (sulfide) groups is 2. The number of methoxy groups -OCH3 is 1. The molecule has 1 aliphatic rings. The van der Waals surface area contributed by atoms with Gasteiger partial charge in [0.15, 0.2) is 11.5 Å². The lowest BCUT2D eigenvalue weighted by atomic mass is 10.2. The summed E-state index contributed by atoms with van der Waals surface area (Å²) < 4.78 is 10.9. The first-order valence-corrected chi connectivity index (χ1v) is 13.0. The van der Waals surface area contributed by atoms with Gasteiger partial charge in [-0.15, -0.1) is 11.8 Å². The normalized spacial score (nSPS) is 14.1. The lowest BCUT2D eigenvalue weighted by molar-refractivity contribution is -0.386. The Balaban J connectivity index is 1.48. The predicted molar refractivity (Wildman–Crippen MR) is 143 cm³/mol. The Hall–Kier alpha value is -4.36. The Morgan fingerprint density at radius 3 is 2.74 bits per heavy atom. The summed E-state index contributed by atoms with van der Waals surface area (Å²) in [5.74, 6) is -0.912. The van der Waals surface area contributed by atoms with E-state index in [4.69, 9.17) is 9.47 Å². The van der Waals surface area contributed by atoms with Gasteiger partial charge in [-0.2, -0.15) is 0 Å². The summed E-state index contributed by atoms with van der Waals surface area (Å²) in [4.78, 5) is 54.3. The van der Waals surface area contributed by atoms with Gasteiger partial charge >= 0.3 is 5.69 Å². The van der Waals surface area contributed by atoms with E-state index in [1.807, 2.05) is 12.3 Å². The maximum Gasteiger partial charge on any atom is 0.331 e. The summed E-state index contributed by atoms with van der Waals surface area (Å²) in [6.45, 7) is -0.426. The highest BCUT2D eigenvalue weighted by molar-refractivity contribution is 8.18. The highest BCUT2D eigenvalue weighted by Crippen LogP contribution is 2.37. The summed E-state index contributed by atoms with van der Waals surface area (Å²) >= 11 is 2.24. The SMILES string of the molecule is COc1cc(/C=C2\SC(=O)N(CC(=O)Nc3cccc(SC)c3)C2=O)ccc1Oc1ncccc1[N+](=O)[O-]. The second-order valence-electron chi connectivity index (χ2n) is 7.65. The van der Waals surface area contributed by atoms with Crippen LogP contribution in [0.4, 0.5) is 16.2 Å². The first-order valence-electron chi connectivity index (χ1n) is 10.9. The highest BCUT2D eigenvalue weighted by Gasteiger charge is 2.36. The van der Waals surface area contributed by atoms with E-state index < -0.39 is 28.5 Å². The number of carbonyl (C=O) groups excluding carboxylic acids is 3. The molecule has 1 aliphatic heterocycles. The number of anilines is 1. The van der Waals surface area contributed by atoms with Gasteiger partial charge in [0.2, 0.25) is 5.91 Å². The van der Waals surface area contributed by atoms with E-state index in [-0.39, 0.29) is 28.0 Å². The van der Waals surface area contributed by atoms with Crippen LogP contribution in [0.5, 0.6) is 17.4 Å². The number of ether oxygens (including phenoxy) is 2. The third-order valence-corrected chi connectivity index (χ3v) is 6.80. The van der Waals surface area contributed by atoms with Gasteiger partial charge in [-0.05, 0) is 66.1 Å². The molecule has 2 heterocycles. The molecular formula is C25H20N4O7S2. The highest BCUT2D eigenvalue weighted by atomic mass is 32.2. The first-order chi connectivity index (χ1) is 18.3. The van der Waals surface area contributed by atoms with Crippen LogP contribution in [0, 0.1) is 10.1 Å². The molecular weight excluding hydrogens is 532 g/mol. The molecule has 0 radical (unpaired) electrons. The molecule has 194 valence electrons. The maximum atomic E-state index is 12.9. The molecule has 1 N–H and O–H groups in total. The molecule has 1 fully saturated rings. The van der Waals surface area contributed by atoms with Crippen molar-refractivity contribution in [1.82, 2.24) is 9.88 Å². The van der Waals surface area contributed by atoms with Crippen LogP contribution in [0.1, 0.15) is 5.56 Å². The third kappa shape index (κ3) is 6.12. The van der Waals surface area contributed by atoms with Crippen LogP contribution in [0.3, 0.4) is 0 Å². The number of carbonyl (C=O) groups is 3.